The van der Waals surface area contributed by atoms with Gasteiger partial charge in [0.25, 0.3) is 0 Å². The van der Waals surface area contributed by atoms with Crippen LogP contribution < -0.4 is 10.1 Å². The first kappa shape index (κ1) is 12.9. The Morgan fingerprint density at radius 3 is 2.52 bits per heavy atom. The highest BCUT2D eigenvalue weighted by Gasteiger charge is 2.25. The van der Waals surface area contributed by atoms with E-state index in [1.54, 1.807) is 0 Å². The summed E-state index contributed by atoms with van der Waals surface area (Å²) >= 11 is 0. The highest BCUT2D eigenvalue weighted by molar-refractivity contribution is 5.40. The van der Waals surface area contributed by atoms with Crippen molar-refractivity contribution in [3.8, 4) is 5.75 Å². The van der Waals surface area contributed by atoms with Gasteiger partial charge < -0.3 is 10.1 Å². The molecule has 4 rings (SSSR count). The second-order valence-electron chi connectivity index (χ2n) is 6.34. The summed E-state index contributed by atoms with van der Waals surface area (Å²) in [6.07, 6.45) is 3.61. The van der Waals surface area contributed by atoms with Crippen molar-refractivity contribution in [2.75, 3.05) is 6.54 Å². The van der Waals surface area contributed by atoms with E-state index in [0.717, 1.165) is 31.6 Å². The largest absolute Gasteiger partial charge is 0.488 e. The molecule has 108 valence electrons. The molecule has 0 bridgehead atoms. The lowest BCUT2D eigenvalue weighted by Crippen LogP contribution is -2.37. The summed E-state index contributed by atoms with van der Waals surface area (Å²) < 4.78 is 6.04. The zero-order valence-corrected chi connectivity index (χ0v) is 12.4. The lowest BCUT2D eigenvalue weighted by atomic mass is 10.1. The van der Waals surface area contributed by atoms with Crippen molar-refractivity contribution < 1.29 is 4.74 Å². The van der Waals surface area contributed by atoms with E-state index in [4.69, 9.17) is 4.74 Å². The van der Waals surface area contributed by atoms with Gasteiger partial charge in [-0.25, -0.2) is 0 Å². The van der Waals surface area contributed by atoms with E-state index in [1.165, 1.54) is 22.3 Å². The first-order chi connectivity index (χ1) is 10.3. The van der Waals surface area contributed by atoms with Crippen molar-refractivity contribution >= 4 is 0 Å². The molecule has 0 spiro atoms. The molecule has 1 unspecified atom stereocenters. The highest BCUT2D eigenvalue weighted by atomic mass is 16.5. The molecule has 2 aromatic rings. The topological polar surface area (TPSA) is 21.3 Å². The van der Waals surface area contributed by atoms with Crippen LogP contribution in [0.15, 0.2) is 42.5 Å². The van der Waals surface area contributed by atoms with Crippen LogP contribution in [0.2, 0.25) is 0 Å². The monoisotopic (exact) mass is 279 g/mol. The van der Waals surface area contributed by atoms with Crippen molar-refractivity contribution in [2.45, 2.75) is 38.3 Å². The van der Waals surface area contributed by atoms with Crippen molar-refractivity contribution in [1.29, 1.82) is 0 Å². The normalized spacial score (nSPS) is 20.1. The lowest BCUT2D eigenvalue weighted by molar-refractivity contribution is 0.221. The number of nitrogens with one attached hydrogen (secondary N) is 1. The van der Waals surface area contributed by atoms with Gasteiger partial charge in [0.2, 0.25) is 0 Å². The number of fused-ring (bicyclic) bond motifs is 2. The predicted octanol–water partition coefficient (Wildman–Crippen LogP) is 3.06. The summed E-state index contributed by atoms with van der Waals surface area (Å²) in [6.45, 7) is 3.08. The molecule has 0 radical (unpaired) electrons. The van der Waals surface area contributed by atoms with Gasteiger partial charge in [-0.1, -0.05) is 42.0 Å². The number of rotatable bonds is 3. The summed E-state index contributed by atoms with van der Waals surface area (Å²) in [5.74, 6) is 1.07. The van der Waals surface area contributed by atoms with Crippen molar-refractivity contribution in [2.24, 2.45) is 0 Å². The molecule has 2 nitrogen and oxygen atoms in total. The maximum atomic E-state index is 6.04. The summed E-state index contributed by atoms with van der Waals surface area (Å²) in [5, 5.41) is 3.69. The van der Waals surface area contributed by atoms with Gasteiger partial charge in [-0.15, -0.1) is 0 Å². The first-order valence-electron chi connectivity index (χ1n) is 7.84. The number of benzene rings is 2. The van der Waals surface area contributed by atoms with Crippen LogP contribution in [0.3, 0.4) is 0 Å². The van der Waals surface area contributed by atoms with Crippen LogP contribution in [-0.4, -0.2) is 18.7 Å². The fourth-order valence-electron chi connectivity index (χ4n) is 3.56. The Kier molecular flexibility index (Phi) is 3.19. The van der Waals surface area contributed by atoms with E-state index in [-0.39, 0.29) is 6.10 Å². The Balaban J connectivity index is 1.34. The molecule has 1 N–H and O–H groups in total. The lowest BCUT2D eigenvalue weighted by Gasteiger charge is -2.16. The van der Waals surface area contributed by atoms with Gasteiger partial charge >= 0.3 is 0 Å². The Morgan fingerprint density at radius 1 is 1.00 bits per heavy atom. The van der Waals surface area contributed by atoms with Crippen LogP contribution in [-0.2, 0) is 19.3 Å². The highest BCUT2D eigenvalue weighted by Crippen LogP contribution is 2.29. The molecule has 1 heterocycles. The van der Waals surface area contributed by atoms with Gasteiger partial charge in [0, 0.05) is 19.0 Å². The Hall–Kier alpha value is -1.80. The van der Waals surface area contributed by atoms with Gasteiger partial charge in [-0.05, 0) is 42.5 Å². The number of hydrogen-bond donors (Lipinski definition) is 1. The molecule has 2 aromatic carbocycles. The quantitative estimate of drug-likeness (QED) is 0.932. The minimum Gasteiger partial charge on any atom is -0.488 e. The first-order valence-corrected chi connectivity index (χ1v) is 7.84. The molecule has 2 heteroatoms. The van der Waals surface area contributed by atoms with Crippen LogP contribution in [0, 0.1) is 6.92 Å². The zero-order chi connectivity index (χ0) is 14.2. The van der Waals surface area contributed by atoms with Gasteiger partial charge in [-0.2, -0.15) is 0 Å². The van der Waals surface area contributed by atoms with E-state index in [1.807, 2.05) is 0 Å². The van der Waals surface area contributed by atoms with Crippen LogP contribution in [0.1, 0.15) is 22.3 Å². The van der Waals surface area contributed by atoms with Gasteiger partial charge in [0.15, 0.2) is 0 Å². The Morgan fingerprint density at radius 2 is 1.76 bits per heavy atom. The molecule has 0 saturated carbocycles. The molecule has 1 aliphatic carbocycles. The van der Waals surface area contributed by atoms with Crippen LogP contribution >= 0.6 is 0 Å². The standard InChI is InChI=1S/C19H21NO/c1-13-6-7-19-16(8-13)11-18(21-19)12-20-17-9-14-4-2-3-5-15(14)10-17/h2-8,17-18,20H,9-12H2,1H3. The SMILES string of the molecule is Cc1ccc2c(c1)CC(CNC1Cc3ccccc3C1)O2. The number of ether oxygens (including phenoxy) is 1. The molecule has 0 fully saturated rings. The fourth-order valence-corrected chi connectivity index (χ4v) is 3.56. The van der Waals surface area contributed by atoms with E-state index in [9.17, 15) is 0 Å². The van der Waals surface area contributed by atoms with Crippen LogP contribution in [0.25, 0.3) is 0 Å². The molecular weight excluding hydrogens is 258 g/mol. The second-order valence-corrected chi connectivity index (χ2v) is 6.34. The van der Waals surface area contributed by atoms with Crippen molar-refractivity contribution in [1.82, 2.24) is 5.32 Å². The average molecular weight is 279 g/mol. The van der Waals surface area contributed by atoms with E-state index < -0.39 is 0 Å². The smallest absolute Gasteiger partial charge is 0.123 e. The minimum atomic E-state index is 0.283. The van der Waals surface area contributed by atoms with E-state index in [0.29, 0.717) is 6.04 Å². The van der Waals surface area contributed by atoms with Gasteiger partial charge in [0.1, 0.15) is 11.9 Å². The summed E-state index contributed by atoms with van der Waals surface area (Å²) in [4.78, 5) is 0. The second kappa shape index (κ2) is 5.19. The van der Waals surface area contributed by atoms with Crippen molar-refractivity contribution in [3.05, 3.63) is 64.7 Å². The Labute approximate surface area is 126 Å². The van der Waals surface area contributed by atoms with Crippen molar-refractivity contribution in [3.63, 3.8) is 0 Å². The average Bonchev–Trinajstić information content (AvgIpc) is 3.07. The number of hydrogen-bond acceptors (Lipinski definition) is 2. The zero-order valence-electron chi connectivity index (χ0n) is 12.4. The molecule has 0 amide bonds. The maximum Gasteiger partial charge on any atom is 0.123 e. The summed E-state index contributed by atoms with van der Waals surface area (Å²) in [6, 6.07) is 15.8. The minimum absolute atomic E-state index is 0.283. The third kappa shape index (κ3) is 2.56. The third-order valence-electron chi connectivity index (χ3n) is 4.64. The molecule has 21 heavy (non-hydrogen) atoms. The predicted molar refractivity (Wildman–Crippen MR) is 84.9 cm³/mol. The molecule has 0 aromatic heterocycles. The Bertz CT molecular complexity index is 639. The van der Waals surface area contributed by atoms with Crippen LogP contribution in [0.5, 0.6) is 5.75 Å². The summed E-state index contributed by atoms with van der Waals surface area (Å²) in [7, 11) is 0. The molecular formula is C19H21NO. The van der Waals surface area contributed by atoms with Gasteiger partial charge in [-0.3, -0.25) is 0 Å². The molecule has 1 atom stereocenters. The van der Waals surface area contributed by atoms with E-state index in [2.05, 4.69) is 54.7 Å². The molecule has 0 saturated heterocycles. The summed E-state index contributed by atoms with van der Waals surface area (Å²) in [5.41, 5.74) is 5.68. The molecule has 1 aliphatic heterocycles. The third-order valence-corrected chi connectivity index (χ3v) is 4.64. The maximum absolute atomic E-state index is 6.04. The van der Waals surface area contributed by atoms with Crippen LogP contribution in [0.4, 0.5) is 0 Å². The fraction of sp³-hybridized carbons (Fsp3) is 0.368. The number of aryl methyl sites for hydroxylation is 1. The van der Waals surface area contributed by atoms with E-state index >= 15 is 0 Å². The van der Waals surface area contributed by atoms with Gasteiger partial charge in [0.05, 0.1) is 0 Å². The molecule has 2 aliphatic rings.